The highest BCUT2D eigenvalue weighted by Crippen LogP contribution is 2.39. The summed E-state index contributed by atoms with van der Waals surface area (Å²) in [5.41, 5.74) is 10.7. The molecule has 1 aliphatic rings. The Labute approximate surface area is 101 Å². The maximum absolute atomic E-state index is 5.69. The number of rotatable bonds is 3. The van der Waals surface area contributed by atoms with Crippen molar-refractivity contribution in [1.29, 1.82) is 0 Å². The first kappa shape index (κ1) is 10.5. The second-order valence-electron chi connectivity index (χ2n) is 4.64. The van der Waals surface area contributed by atoms with Crippen molar-refractivity contribution in [1.82, 2.24) is 10.2 Å². The fourth-order valence-electron chi connectivity index (χ4n) is 2.79. The van der Waals surface area contributed by atoms with Crippen LogP contribution in [0.25, 0.3) is 11.3 Å². The number of hydrogen-bond acceptors (Lipinski definition) is 2. The highest BCUT2D eigenvalue weighted by molar-refractivity contribution is 5.65. The first-order chi connectivity index (χ1) is 8.40. The lowest BCUT2D eigenvalue weighted by Crippen LogP contribution is -2.05. The summed E-state index contributed by atoms with van der Waals surface area (Å²) in [6.07, 6.45) is 3.38. The van der Waals surface area contributed by atoms with Gasteiger partial charge >= 0.3 is 0 Å². The van der Waals surface area contributed by atoms with Crippen LogP contribution in [-0.2, 0) is 6.42 Å². The Kier molecular flexibility index (Phi) is 2.69. The predicted molar refractivity (Wildman–Crippen MR) is 68.8 cm³/mol. The van der Waals surface area contributed by atoms with Crippen LogP contribution < -0.4 is 5.73 Å². The molecule has 0 bridgehead atoms. The molecule has 2 aromatic rings. The van der Waals surface area contributed by atoms with Crippen molar-refractivity contribution in [2.45, 2.75) is 25.2 Å². The summed E-state index contributed by atoms with van der Waals surface area (Å²) in [7, 11) is 0. The minimum absolute atomic E-state index is 0.587. The highest BCUT2D eigenvalue weighted by atomic mass is 15.1. The van der Waals surface area contributed by atoms with Crippen LogP contribution in [0.4, 0.5) is 0 Å². The van der Waals surface area contributed by atoms with Crippen LogP contribution in [0.5, 0.6) is 0 Å². The molecule has 3 nitrogen and oxygen atoms in total. The number of benzene rings is 1. The van der Waals surface area contributed by atoms with E-state index in [4.69, 9.17) is 5.73 Å². The topological polar surface area (TPSA) is 54.7 Å². The summed E-state index contributed by atoms with van der Waals surface area (Å²) in [6.45, 7) is 0.753. The number of H-pyrrole nitrogens is 1. The molecule has 1 unspecified atom stereocenters. The van der Waals surface area contributed by atoms with E-state index >= 15 is 0 Å². The third-order valence-corrected chi connectivity index (χ3v) is 3.60. The molecule has 0 fully saturated rings. The van der Waals surface area contributed by atoms with Crippen molar-refractivity contribution in [2.24, 2.45) is 5.73 Å². The van der Waals surface area contributed by atoms with Gasteiger partial charge in [-0.25, -0.2) is 0 Å². The van der Waals surface area contributed by atoms with E-state index in [0.29, 0.717) is 5.92 Å². The van der Waals surface area contributed by atoms with Crippen molar-refractivity contribution < 1.29 is 0 Å². The quantitative estimate of drug-likeness (QED) is 0.846. The molecule has 3 heteroatoms. The molecular weight excluding hydrogens is 210 g/mol. The molecule has 3 rings (SSSR count). The van der Waals surface area contributed by atoms with E-state index in [1.165, 1.54) is 23.2 Å². The van der Waals surface area contributed by atoms with Gasteiger partial charge < -0.3 is 5.73 Å². The third kappa shape index (κ3) is 1.76. The first-order valence-corrected chi connectivity index (χ1v) is 6.22. The molecule has 0 spiro atoms. The number of nitrogens with zero attached hydrogens (tertiary/aromatic N) is 1. The monoisotopic (exact) mass is 227 g/mol. The molecule has 3 N–H and O–H groups in total. The van der Waals surface area contributed by atoms with Crippen LogP contribution in [0.1, 0.15) is 30.0 Å². The van der Waals surface area contributed by atoms with Crippen LogP contribution in [0.2, 0.25) is 0 Å². The fraction of sp³-hybridized carbons (Fsp3) is 0.357. The molecule has 0 saturated carbocycles. The summed E-state index contributed by atoms with van der Waals surface area (Å²) in [5.74, 6) is 0.587. The van der Waals surface area contributed by atoms with Crippen molar-refractivity contribution in [3.63, 3.8) is 0 Å². The molecule has 0 aliphatic heterocycles. The summed E-state index contributed by atoms with van der Waals surface area (Å²) in [4.78, 5) is 0. The molecule has 1 atom stereocenters. The Hall–Kier alpha value is -1.61. The van der Waals surface area contributed by atoms with Gasteiger partial charge in [0.15, 0.2) is 0 Å². The van der Waals surface area contributed by atoms with Gasteiger partial charge in [0.05, 0.1) is 5.69 Å². The predicted octanol–water partition coefficient (Wildman–Crippen LogP) is 2.46. The van der Waals surface area contributed by atoms with E-state index < -0.39 is 0 Å². The van der Waals surface area contributed by atoms with E-state index in [1.54, 1.807) is 0 Å². The molecule has 0 saturated heterocycles. The van der Waals surface area contributed by atoms with Gasteiger partial charge in [0.2, 0.25) is 0 Å². The van der Waals surface area contributed by atoms with Gasteiger partial charge in [0.1, 0.15) is 0 Å². The number of aryl methyl sites for hydroxylation is 1. The molecule has 1 aliphatic carbocycles. The minimum Gasteiger partial charge on any atom is -0.330 e. The van der Waals surface area contributed by atoms with Gasteiger partial charge in [-0.2, -0.15) is 5.10 Å². The average Bonchev–Trinajstić information content (AvgIpc) is 2.94. The van der Waals surface area contributed by atoms with E-state index in [2.05, 4.69) is 34.5 Å². The van der Waals surface area contributed by atoms with E-state index in [0.717, 1.165) is 25.1 Å². The zero-order valence-corrected chi connectivity index (χ0v) is 9.82. The smallest absolute Gasteiger partial charge is 0.0958 e. The summed E-state index contributed by atoms with van der Waals surface area (Å²) in [5, 5.41) is 7.66. The van der Waals surface area contributed by atoms with E-state index in [1.807, 2.05) is 6.07 Å². The number of fused-ring (bicyclic) bond motifs is 1. The number of aromatic nitrogens is 2. The Balaban J connectivity index is 2.03. The average molecular weight is 227 g/mol. The Morgan fingerprint density at radius 2 is 2.12 bits per heavy atom. The van der Waals surface area contributed by atoms with Crippen LogP contribution in [0, 0.1) is 0 Å². The van der Waals surface area contributed by atoms with Gasteiger partial charge in [-0.1, -0.05) is 30.3 Å². The number of nitrogens with one attached hydrogen (secondary N) is 1. The SMILES string of the molecule is NCCC1CCc2[nH]nc(-c3ccccc3)c21. The van der Waals surface area contributed by atoms with Crippen LogP contribution in [-0.4, -0.2) is 16.7 Å². The van der Waals surface area contributed by atoms with Gasteiger partial charge in [0.25, 0.3) is 0 Å². The molecular formula is C14H17N3. The van der Waals surface area contributed by atoms with Gasteiger partial charge in [0, 0.05) is 16.8 Å². The normalized spacial score (nSPS) is 18.3. The maximum Gasteiger partial charge on any atom is 0.0958 e. The first-order valence-electron chi connectivity index (χ1n) is 6.22. The van der Waals surface area contributed by atoms with Crippen molar-refractivity contribution >= 4 is 0 Å². The Bertz CT molecular complexity index is 501. The summed E-state index contributed by atoms with van der Waals surface area (Å²) < 4.78 is 0. The van der Waals surface area contributed by atoms with E-state index in [9.17, 15) is 0 Å². The molecule has 0 amide bonds. The van der Waals surface area contributed by atoms with Crippen LogP contribution >= 0.6 is 0 Å². The standard InChI is InChI=1S/C14H17N3/c15-9-8-10-6-7-12-13(10)14(17-16-12)11-4-2-1-3-5-11/h1-5,10H,6-9,15H2,(H,16,17). The molecule has 88 valence electrons. The lowest BCUT2D eigenvalue weighted by atomic mass is 9.95. The van der Waals surface area contributed by atoms with Crippen molar-refractivity contribution in [3.8, 4) is 11.3 Å². The lowest BCUT2D eigenvalue weighted by Gasteiger charge is -2.10. The van der Waals surface area contributed by atoms with Gasteiger partial charge in [-0.05, 0) is 31.7 Å². The molecule has 1 heterocycles. The third-order valence-electron chi connectivity index (χ3n) is 3.60. The number of hydrogen-bond donors (Lipinski definition) is 2. The highest BCUT2D eigenvalue weighted by Gasteiger charge is 2.28. The van der Waals surface area contributed by atoms with Crippen LogP contribution in [0.15, 0.2) is 30.3 Å². The zero-order chi connectivity index (χ0) is 11.7. The summed E-state index contributed by atoms with van der Waals surface area (Å²) >= 11 is 0. The van der Waals surface area contributed by atoms with Gasteiger partial charge in [-0.3, -0.25) is 5.10 Å². The van der Waals surface area contributed by atoms with Gasteiger partial charge in [-0.15, -0.1) is 0 Å². The van der Waals surface area contributed by atoms with Crippen molar-refractivity contribution in [3.05, 3.63) is 41.6 Å². The molecule has 17 heavy (non-hydrogen) atoms. The Morgan fingerprint density at radius 1 is 1.29 bits per heavy atom. The fourth-order valence-corrected chi connectivity index (χ4v) is 2.79. The zero-order valence-electron chi connectivity index (χ0n) is 9.82. The molecule has 1 aromatic heterocycles. The number of nitrogens with two attached hydrogens (primary N) is 1. The second kappa shape index (κ2) is 4.34. The largest absolute Gasteiger partial charge is 0.330 e. The maximum atomic E-state index is 5.69. The number of aromatic amines is 1. The minimum atomic E-state index is 0.587. The molecule has 0 radical (unpaired) electrons. The van der Waals surface area contributed by atoms with Crippen molar-refractivity contribution in [2.75, 3.05) is 6.54 Å². The van der Waals surface area contributed by atoms with E-state index in [-0.39, 0.29) is 0 Å². The van der Waals surface area contributed by atoms with Crippen LogP contribution in [0.3, 0.4) is 0 Å². The summed E-state index contributed by atoms with van der Waals surface area (Å²) in [6, 6.07) is 10.4. The Morgan fingerprint density at radius 3 is 2.88 bits per heavy atom. The lowest BCUT2D eigenvalue weighted by molar-refractivity contribution is 0.624. The second-order valence-corrected chi connectivity index (χ2v) is 4.64. The molecule has 1 aromatic carbocycles.